The van der Waals surface area contributed by atoms with Crippen LogP contribution in [-0.4, -0.2) is 54.5 Å². The normalized spacial score (nSPS) is 24.6. The molecule has 1 rings (SSSR count). The highest BCUT2D eigenvalue weighted by Gasteiger charge is 2.54. The van der Waals surface area contributed by atoms with Crippen molar-refractivity contribution < 1.29 is 18.3 Å². The molecule has 1 aliphatic rings. The van der Waals surface area contributed by atoms with E-state index < -0.39 is 18.3 Å². The molecule has 0 aromatic carbocycles. The lowest BCUT2D eigenvalue weighted by molar-refractivity contribution is -0.236. The molecule has 0 aromatic rings. The molecule has 15 heavy (non-hydrogen) atoms. The number of aliphatic hydroxyl groups excluding tert-OH is 1. The molecule has 2 N–H and O–H groups in total. The maximum Gasteiger partial charge on any atom is 0.408 e. The van der Waals surface area contributed by atoms with E-state index in [4.69, 9.17) is 5.11 Å². The van der Waals surface area contributed by atoms with Crippen molar-refractivity contribution in [1.29, 1.82) is 0 Å². The van der Waals surface area contributed by atoms with Crippen molar-refractivity contribution in [1.82, 2.24) is 10.2 Å². The number of nitrogens with zero attached hydrogens (tertiary/aromatic N) is 1. The Balaban J connectivity index is 2.79. The first kappa shape index (κ1) is 12.7. The molecule has 0 spiro atoms. The van der Waals surface area contributed by atoms with Crippen molar-refractivity contribution in [2.75, 3.05) is 32.8 Å². The Morgan fingerprint density at radius 3 is 2.47 bits per heavy atom. The molecule has 0 aliphatic carbocycles. The largest absolute Gasteiger partial charge is 0.408 e. The lowest BCUT2D eigenvalue weighted by atomic mass is 10.00. The van der Waals surface area contributed by atoms with Gasteiger partial charge in [-0.25, -0.2) is 0 Å². The van der Waals surface area contributed by atoms with Crippen molar-refractivity contribution in [3.8, 4) is 0 Å². The van der Waals surface area contributed by atoms with Crippen molar-refractivity contribution in [2.24, 2.45) is 0 Å². The van der Waals surface area contributed by atoms with Crippen molar-refractivity contribution in [3.05, 3.63) is 0 Å². The number of halogens is 3. The minimum atomic E-state index is -4.40. The molecule has 1 fully saturated rings. The Bertz CT molecular complexity index is 202. The predicted molar refractivity (Wildman–Crippen MR) is 50.6 cm³/mol. The monoisotopic (exact) mass is 226 g/mol. The van der Waals surface area contributed by atoms with E-state index >= 15 is 0 Å². The Hall–Kier alpha value is -0.330. The van der Waals surface area contributed by atoms with E-state index in [9.17, 15) is 13.2 Å². The lowest BCUT2D eigenvalue weighted by Crippen LogP contribution is -2.60. The van der Waals surface area contributed by atoms with Gasteiger partial charge in [0.05, 0.1) is 6.61 Å². The van der Waals surface area contributed by atoms with Crippen LogP contribution in [0.2, 0.25) is 0 Å². The molecule has 0 radical (unpaired) electrons. The first-order chi connectivity index (χ1) is 6.92. The number of rotatable bonds is 2. The second-order valence-electron chi connectivity index (χ2n) is 4.02. The van der Waals surface area contributed by atoms with Crippen LogP contribution in [0.3, 0.4) is 0 Å². The molecule has 1 saturated heterocycles. The molecule has 1 aliphatic heterocycles. The second-order valence-corrected chi connectivity index (χ2v) is 4.02. The molecule has 1 heterocycles. The van der Waals surface area contributed by atoms with Gasteiger partial charge in [0.1, 0.15) is 5.54 Å². The Kier molecular flexibility index (Phi) is 3.97. The van der Waals surface area contributed by atoms with Gasteiger partial charge in [0.15, 0.2) is 0 Å². The first-order valence-corrected chi connectivity index (χ1v) is 5.05. The van der Waals surface area contributed by atoms with Gasteiger partial charge in [0.25, 0.3) is 0 Å². The van der Waals surface area contributed by atoms with Crippen molar-refractivity contribution >= 4 is 0 Å². The molecule has 90 valence electrons. The fourth-order valence-corrected chi connectivity index (χ4v) is 1.71. The molecule has 1 unspecified atom stereocenters. The molecule has 3 nitrogen and oxygen atoms in total. The number of hydrogen-bond acceptors (Lipinski definition) is 3. The zero-order valence-corrected chi connectivity index (χ0v) is 8.77. The van der Waals surface area contributed by atoms with E-state index in [1.807, 2.05) is 0 Å². The van der Waals surface area contributed by atoms with Crippen LogP contribution in [-0.2, 0) is 0 Å². The molecule has 6 heteroatoms. The van der Waals surface area contributed by atoms with E-state index in [0.717, 1.165) is 13.5 Å². The van der Waals surface area contributed by atoms with Gasteiger partial charge in [-0.2, -0.15) is 13.2 Å². The van der Waals surface area contributed by atoms with E-state index in [-0.39, 0.29) is 0 Å². The average molecular weight is 226 g/mol. The summed E-state index contributed by atoms with van der Waals surface area (Å²) in [7, 11) is 0. The molecular weight excluding hydrogens is 209 g/mol. The first-order valence-electron chi connectivity index (χ1n) is 5.05. The highest BCUT2D eigenvalue weighted by atomic mass is 19.4. The van der Waals surface area contributed by atoms with Gasteiger partial charge in [0, 0.05) is 19.6 Å². The second kappa shape index (κ2) is 4.67. The zero-order valence-electron chi connectivity index (χ0n) is 8.77. The van der Waals surface area contributed by atoms with Crippen molar-refractivity contribution in [2.45, 2.75) is 25.1 Å². The molecule has 1 atom stereocenters. The molecule has 0 amide bonds. The summed E-state index contributed by atoms with van der Waals surface area (Å²) in [6.07, 6.45) is -3.72. The summed E-state index contributed by atoms with van der Waals surface area (Å²) in [5.41, 5.74) is -2.11. The van der Waals surface area contributed by atoms with Gasteiger partial charge in [0.2, 0.25) is 0 Å². The van der Waals surface area contributed by atoms with Crippen LogP contribution in [0.1, 0.15) is 13.3 Å². The Labute approximate surface area is 87.3 Å². The van der Waals surface area contributed by atoms with Crippen LogP contribution in [0.15, 0.2) is 0 Å². The van der Waals surface area contributed by atoms with Gasteiger partial charge < -0.3 is 10.4 Å². The van der Waals surface area contributed by atoms with Crippen LogP contribution in [0.4, 0.5) is 13.2 Å². The molecular formula is C9H17F3N2O. The highest BCUT2D eigenvalue weighted by molar-refractivity contribution is 4.93. The third-order valence-corrected chi connectivity index (χ3v) is 2.96. The summed E-state index contributed by atoms with van der Waals surface area (Å²) in [5, 5.41) is 12.0. The predicted octanol–water partition coefficient (Wildman–Crippen LogP) is 0.595. The summed E-state index contributed by atoms with van der Waals surface area (Å²) in [5.74, 6) is 0. The summed E-state index contributed by atoms with van der Waals surface area (Å²) in [4.78, 5) is 1.31. The SMILES string of the molecule is CC(CO)(N1CCCNCC1)C(F)(F)F. The van der Waals surface area contributed by atoms with Gasteiger partial charge in [-0.1, -0.05) is 0 Å². The quantitative estimate of drug-likeness (QED) is 0.723. The fourth-order valence-electron chi connectivity index (χ4n) is 1.71. The molecule has 0 aromatic heterocycles. The summed E-state index contributed by atoms with van der Waals surface area (Å²) >= 11 is 0. The minimum Gasteiger partial charge on any atom is -0.394 e. The Morgan fingerprint density at radius 2 is 1.93 bits per heavy atom. The summed E-state index contributed by atoms with van der Waals surface area (Å²) in [6, 6.07) is 0. The average Bonchev–Trinajstić information content (AvgIpc) is 2.43. The molecule has 0 saturated carbocycles. The lowest BCUT2D eigenvalue weighted by Gasteiger charge is -2.40. The van der Waals surface area contributed by atoms with Gasteiger partial charge in [-0.15, -0.1) is 0 Å². The number of hydrogen-bond donors (Lipinski definition) is 2. The van der Waals surface area contributed by atoms with E-state index in [0.29, 0.717) is 26.1 Å². The van der Waals surface area contributed by atoms with Crippen LogP contribution >= 0.6 is 0 Å². The third-order valence-electron chi connectivity index (χ3n) is 2.96. The van der Waals surface area contributed by atoms with Crippen LogP contribution in [0.5, 0.6) is 0 Å². The minimum absolute atomic E-state index is 0.316. The number of nitrogens with one attached hydrogen (secondary N) is 1. The van der Waals surface area contributed by atoms with Crippen molar-refractivity contribution in [3.63, 3.8) is 0 Å². The zero-order chi connectivity index (χ0) is 11.5. The topological polar surface area (TPSA) is 35.5 Å². The van der Waals surface area contributed by atoms with Crippen LogP contribution in [0, 0.1) is 0 Å². The third kappa shape index (κ3) is 2.62. The fraction of sp³-hybridized carbons (Fsp3) is 1.00. The van der Waals surface area contributed by atoms with Crippen LogP contribution < -0.4 is 5.32 Å². The van der Waals surface area contributed by atoms with E-state index in [1.165, 1.54) is 4.90 Å². The van der Waals surface area contributed by atoms with Gasteiger partial charge in [-0.05, 0) is 19.9 Å². The smallest absolute Gasteiger partial charge is 0.394 e. The standard InChI is InChI=1S/C9H17F3N2O/c1-8(7-15,9(10,11)12)14-5-2-3-13-4-6-14/h13,15H,2-7H2,1H3. The highest BCUT2D eigenvalue weighted by Crippen LogP contribution is 2.35. The summed E-state index contributed by atoms with van der Waals surface area (Å²) in [6.45, 7) is 2.11. The van der Waals surface area contributed by atoms with Gasteiger partial charge >= 0.3 is 6.18 Å². The molecule has 0 bridgehead atoms. The maximum absolute atomic E-state index is 12.8. The van der Waals surface area contributed by atoms with Crippen LogP contribution in [0.25, 0.3) is 0 Å². The maximum atomic E-state index is 12.8. The number of aliphatic hydroxyl groups is 1. The number of alkyl halides is 3. The van der Waals surface area contributed by atoms with E-state index in [1.54, 1.807) is 0 Å². The Morgan fingerprint density at radius 1 is 1.27 bits per heavy atom. The van der Waals surface area contributed by atoms with Gasteiger partial charge in [-0.3, -0.25) is 4.90 Å². The summed E-state index contributed by atoms with van der Waals surface area (Å²) < 4.78 is 38.4. The van der Waals surface area contributed by atoms with E-state index in [2.05, 4.69) is 5.32 Å².